The zero-order chi connectivity index (χ0) is 9.03. The zero-order valence-electron chi connectivity index (χ0n) is 7.92. The normalized spacial score (nSPS) is 11.9. The maximum absolute atomic E-state index is 4.21. The molecule has 0 fully saturated rings. The minimum atomic E-state index is 0.226. The lowest BCUT2D eigenvalue weighted by Crippen LogP contribution is -2.37. The smallest absolute Gasteiger partial charge is 0.0795 e. The molecule has 0 saturated heterocycles. The summed E-state index contributed by atoms with van der Waals surface area (Å²) in [6, 6.07) is 0. The van der Waals surface area contributed by atoms with Crippen LogP contribution in [-0.2, 0) is 6.54 Å². The Hall–Kier alpha value is -0.410. The SMILES string of the molecule is CCC(C)(C)NCc1cscn1. The van der Waals surface area contributed by atoms with Crippen LogP contribution >= 0.6 is 11.3 Å². The van der Waals surface area contributed by atoms with Crippen LogP contribution in [0, 0.1) is 0 Å². The molecule has 0 radical (unpaired) electrons. The van der Waals surface area contributed by atoms with Crippen molar-refractivity contribution in [1.29, 1.82) is 0 Å². The van der Waals surface area contributed by atoms with Crippen molar-refractivity contribution in [1.82, 2.24) is 10.3 Å². The second kappa shape index (κ2) is 4.01. The monoisotopic (exact) mass is 184 g/mol. The summed E-state index contributed by atoms with van der Waals surface area (Å²) < 4.78 is 0. The van der Waals surface area contributed by atoms with Crippen molar-refractivity contribution in [2.45, 2.75) is 39.3 Å². The minimum absolute atomic E-state index is 0.226. The third-order valence-corrected chi connectivity index (χ3v) is 2.75. The van der Waals surface area contributed by atoms with E-state index >= 15 is 0 Å². The number of hydrogen-bond donors (Lipinski definition) is 1. The summed E-state index contributed by atoms with van der Waals surface area (Å²) >= 11 is 1.65. The molecule has 1 aromatic heterocycles. The van der Waals surface area contributed by atoms with Crippen LogP contribution in [0.2, 0.25) is 0 Å². The molecular formula is C9H16N2S. The highest BCUT2D eigenvalue weighted by molar-refractivity contribution is 7.07. The van der Waals surface area contributed by atoms with Gasteiger partial charge < -0.3 is 5.32 Å². The summed E-state index contributed by atoms with van der Waals surface area (Å²) in [5, 5.41) is 5.54. The first kappa shape index (κ1) is 9.68. The van der Waals surface area contributed by atoms with Crippen LogP contribution < -0.4 is 5.32 Å². The summed E-state index contributed by atoms with van der Waals surface area (Å²) in [7, 11) is 0. The summed E-state index contributed by atoms with van der Waals surface area (Å²) in [6.45, 7) is 7.48. The van der Waals surface area contributed by atoms with Crippen LogP contribution in [0.3, 0.4) is 0 Å². The predicted molar refractivity (Wildman–Crippen MR) is 53.3 cm³/mol. The Bertz CT molecular complexity index is 216. The first-order valence-corrected chi connectivity index (χ1v) is 5.20. The van der Waals surface area contributed by atoms with Crippen LogP contribution in [0.5, 0.6) is 0 Å². The van der Waals surface area contributed by atoms with E-state index in [1.807, 2.05) is 5.51 Å². The molecule has 1 aromatic rings. The summed E-state index contributed by atoms with van der Waals surface area (Å²) in [6.07, 6.45) is 1.14. The van der Waals surface area contributed by atoms with E-state index in [0.717, 1.165) is 18.7 Å². The Balaban J connectivity index is 2.36. The van der Waals surface area contributed by atoms with E-state index in [1.165, 1.54) is 0 Å². The van der Waals surface area contributed by atoms with Crippen molar-refractivity contribution < 1.29 is 0 Å². The van der Waals surface area contributed by atoms with Crippen molar-refractivity contribution in [3.8, 4) is 0 Å². The molecule has 12 heavy (non-hydrogen) atoms. The second-order valence-corrected chi connectivity index (χ2v) is 4.29. The number of thiazole rings is 1. The summed E-state index contributed by atoms with van der Waals surface area (Å²) in [4.78, 5) is 4.21. The number of hydrogen-bond acceptors (Lipinski definition) is 3. The number of nitrogens with zero attached hydrogens (tertiary/aromatic N) is 1. The van der Waals surface area contributed by atoms with Crippen molar-refractivity contribution >= 4 is 11.3 Å². The average Bonchev–Trinajstić information content (AvgIpc) is 2.53. The fourth-order valence-corrected chi connectivity index (χ4v) is 1.34. The Morgan fingerprint density at radius 1 is 1.58 bits per heavy atom. The second-order valence-electron chi connectivity index (χ2n) is 3.57. The third-order valence-electron chi connectivity index (χ3n) is 2.12. The number of aromatic nitrogens is 1. The highest BCUT2D eigenvalue weighted by atomic mass is 32.1. The van der Waals surface area contributed by atoms with Crippen molar-refractivity contribution in [2.24, 2.45) is 0 Å². The average molecular weight is 184 g/mol. The highest BCUT2D eigenvalue weighted by Crippen LogP contribution is 2.09. The van der Waals surface area contributed by atoms with Crippen molar-refractivity contribution in [3.63, 3.8) is 0 Å². The lowest BCUT2D eigenvalue weighted by molar-refractivity contribution is 0.372. The molecule has 1 rings (SSSR count). The molecule has 0 aliphatic carbocycles. The summed E-state index contributed by atoms with van der Waals surface area (Å²) in [5.74, 6) is 0. The molecule has 68 valence electrons. The first-order valence-electron chi connectivity index (χ1n) is 4.26. The van der Waals surface area contributed by atoms with Gasteiger partial charge in [0.2, 0.25) is 0 Å². The summed E-state index contributed by atoms with van der Waals surface area (Å²) in [5.41, 5.74) is 3.24. The van der Waals surface area contributed by atoms with Gasteiger partial charge in [0.1, 0.15) is 0 Å². The quantitative estimate of drug-likeness (QED) is 0.777. The molecule has 1 heterocycles. The lowest BCUT2D eigenvalue weighted by Gasteiger charge is -2.23. The van der Waals surface area contributed by atoms with Gasteiger partial charge in [0, 0.05) is 17.5 Å². The molecule has 0 spiro atoms. The Labute approximate surface area is 78.0 Å². The van der Waals surface area contributed by atoms with E-state index < -0.39 is 0 Å². The van der Waals surface area contributed by atoms with E-state index in [2.05, 4.69) is 36.5 Å². The van der Waals surface area contributed by atoms with Crippen LogP contribution in [-0.4, -0.2) is 10.5 Å². The Morgan fingerprint density at radius 2 is 2.33 bits per heavy atom. The maximum Gasteiger partial charge on any atom is 0.0795 e. The number of nitrogens with one attached hydrogen (secondary N) is 1. The minimum Gasteiger partial charge on any atom is -0.306 e. The standard InChI is InChI=1S/C9H16N2S/c1-4-9(2,3)11-5-8-6-12-7-10-8/h6-7,11H,4-5H2,1-3H3. The van der Waals surface area contributed by atoms with Crippen LogP contribution in [0.1, 0.15) is 32.9 Å². The number of rotatable bonds is 4. The zero-order valence-corrected chi connectivity index (χ0v) is 8.74. The first-order chi connectivity index (χ1) is 5.64. The van der Waals surface area contributed by atoms with Gasteiger partial charge in [0.25, 0.3) is 0 Å². The largest absolute Gasteiger partial charge is 0.306 e. The Morgan fingerprint density at radius 3 is 2.83 bits per heavy atom. The van der Waals surface area contributed by atoms with Crippen molar-refractivity contribution in [3.05, 3.63) is 16.6 Å². The molecule has 0 unspecified atom stereocenters. The molecule has 0 aromatic carbocycles. The van der Waals surface area contributed by atoms with E-state index in [4.69, 9.17) is 0 Å². The predicted octanol–water partition coefficient (Wildman–Crippen LogP) is 2.42. The van der Waals surface area contributed by atoms with Gasteiger partial charge in [-0.3, -0.25) is 0 Å². The van der Waals surface area contributed by atoms with Crippen molar-refractivity contribution in [2.75, 3.05) is 0 Å². The van der Waals surface area contributed by atoms with E-state index in [9.17, 15) is 0 Å². The molecular weight excluding hydrogens is 168 g/mol. The van der Waals surface area contributed by atoms with E-state index in [0.29, 0.717) is 0 Å². The molecule has 0 aliphatic heterocycles. The van der Waals surface area contributed by atoms with Gasteiger partial charge in [-0.2, -0.15) is 0 Å². The van der Waals surface area contributed by atoms with Crippen LogP contribution in [0.15, 0.2) is 10.9 Å². The lowest BCUT2D eigenvalue weighted by atomic mass is 10.0. The molecule has 1 N–H and O–H groups in total. The molecule has 3 heteroatoms. The van der Waals surface area contributed by atoms with Gasteiger partial charge >= 0.3 is 0 Å². The molecule has 2 nitrogen and oxygen atoms in total. The van der Waals surface area contributed by atoms with Gasteiger partial charge in [-0.05, 0) is 20.3 Å². The topological polar surface area (TPSA) is 24.9 Å². The molecule has 0 aliphatic rings. The fraction of sp³-hybridized carbons (Fsp3) is 0.667. The van der Waals surface area contributed by atoms with Gasteiger partial charge in [0.05, 0.1) is 11.2 Å². The van der Waals surface area contributed by atoms with Gasteiger partial charge in [-0.15, -0.1) is 11.3 Å². The molecule has 0 saturated carbocycles. The van der Waals surface area contributed by atoms with E-state index in [1.54, 1.807) is 11.3 Å². The van der Waals surface area contributed by atoms with Gasteiger partial charge in [-0.1, -0.05) is 6.92 Å². The van der Waals surface area contributed by atoms with Crippen LogP contribution in [0.4, 0.5) is 0 Å². The van der Waals surface area contributed by atoms with E-state index in [-0.39, 0.29) is 5.54 Å². The third kappa shape index (κ3) is 2.91. The molecule has 0 amide bonds. The van der Waals surface area contributed by atoms with Gasteiger partial charge in [-0.25, -0.2) is 4.98 Å². The van der Waals surface area contributed by atoms with Crippen LogP contribution in [0.25, 0.3) is 0 Å². The highest BCUT2D eigenvalue weighted by Gasteiger charge is 2.13. The van der Waals surface area contributed by atoms with Gasteiger partial charge in [0.15, 0.2) is 0 Å². The molecule has 0 atom stereocenters. The fourth-order valence-electron chi connectivity index (χ4n) is 0.780. The molecule has 0 bridgehead atoms. The Kier molecular flexibility index (Phi) is 3.23. The maximum atomic E-state index is 4.21.